The molecule has 1 N–H and O–H groups in total. The Bertz CT molecular complexity index is 1790. The number of hydrogen-bond acceptors (Lipinski definition) is 5. The van der Waals surface area contributed by atoms with E-state index >= 15 is 4.39 Å². The first-order chi connectivity index (χ1) is 22.5. The first kappa shape index (κ1) is 30.5. The molecule has 0 saturated heterocycles. The average Bonchev–Trinajstić information content (AvgIpc) is 3.10. The number of halogens is 3. The number of ether oxygens (including phenoxy) is 1. The fourth-order valence-electron chi connectivity index (χ4n) is 7.11. The van der Waals surface area contributed by atoms with E-state index in [0.717, 1.165) is 39.4 Å². The number of rotatable bonds is 7. The minimum absolute atomic E-state index is 0.0934. The molecule has 2 aliphatic rings. The van der Waals surface area contributed by atoms with Gasteiger partial charge in [-0.25, -0.2) is 13.8 Å². The van der Waals surface area contributed by atoms with E-state index < -0.39 is 22.7 Å². The lowest BCUT2D eigenvalue weighted by Gasteiger charge is -2.47. The van der Waals surface area contributed by atoms with E-state index in [1.807, 2.05) is 54.6 Å². The van der Waals surface area contributed by atoms with Crippen LogP contribution < -0.4 is 10.1 Å². The van der Waals surface area contributed by atoms with Gasteiger partial charge in [0.15, 0.2) is 5.17 Å². The maximum Gasteiger partial charge on any atom is 0.216 e. The summed E-state index contributed by atoms with van der Waals surface area (Å²) in [5, 5.41) is 4.57. The number of methoxy groups -OCH3 is 1. The van der Waals surface area contributed by atoms with Crippen LogP contribution in [0.1, 0.15) is 38.9 Å². The van der Waals surface area contributed by atoms with Crippen molar-refractivity contribution in [1.29, 1.82) is 0 Å². The summed E-state index contributed by atoms with van der Waals surface area (Å²) in [5.41, 5.74) is 4.45. The van der Waals surface area contributed by atoms with Gasteiger partial charge in [0.05, 0.1) is 12.6 Å². The summed E-state index contributed by atoms with van der Waals surface area (Å²) in [7, 11) is 1.58. The van der Waals surface area contributed by atoms with E-state index in [-0.39, 0.29) is 5.92 Å². The van der Waals surface area contributed by atoms with Crippen LogP contribution in [0.2, 0.25) is 0 Å². The number of fused-ring (bicyclic) bond motifs is 2. The van der Waals surface area contributed by atoms with Gasteiger partial charge in [0, 0.05) is 47.4 Å². The molecule has 232 valence electrons. The van der Waals surface area contributed by atoms with E-state index in [0.29, 0.717) is 41.1 Å². The maximum absolute atomic E-state index is 16.0. The number of alkyl halides is 1. The molecule has 46 heavy (non-hydrogen) atoms. The average molecular weight is 652 g/mol. The Hall–Kier alpha value is -4.20. The second-order valence-electron chi connectivity index (χ2n) is 11.7. The van der Waals surface area contributed by atoms with Crippen LogP contribution in [0, 0.1) is 17.6 Å². The van der Waals surface area contributed by atoms with Gasteiger partial charge in [-0.05, 0) is 40.3 Å². The van der Waals surface area contributed by atoms with E-state index in [1.165, 1.54) is 6.07 Å². The van der Waals surface area contributed by atoms with Gasteiger partial charge in [-0.1, -0.05) is 109 Å². The third-order valence-corrected chi connectivity index (χ3v) is 10.6. The van der Waals surface area contributed by atoms with Crippen LogP contribution in [0.5, 0.6) is 5.88 Å². The van der Waals surface area contributed by atoms with Crippen LogP contribution in [0.3, 0.4) is 0 Å². The van der Waals surface area contributed by atoms with Gasteiger partial charge in [0.1, 0.15) is 17.2 Å². The fraction of sp³-hybridized carbons (Fsp3) is 0.211. The Morgan fingerprint density at radius 2 is 1.50 bits per heavy atom. The number of pyridine rings is 1. The molecule has 8 heteroatoms. The zero-order valence-electron chi connectivity index (χ0n) is 25.2. The number of nitrogens with one attached hydrogen (secondary N) is 1. The number of amidine groups is 1. The highest BCUT2D eigenvalue weighted by Crippen LogP contribution is 2.51. The van der Waals surface area contributed by atoms with Crippen LogP contribution in [0.15, 0.2) is 120 Å². The van der Waals surface area contributed by atoms with Crippen molar-refractivity contribution in [2.24, 2.45) is 10.9 Å². The van der Waals surface area contributed by atoms with Crippen LogP contribution >= 0.6 is 23.4 Å². The van der Waals surface area contributed by atoms with Crippen LogP contribution in [-0.4, -0.2) is 23.0 Å². The van der Waals surface area contributed by atoms with Crippen molar-refractivity contribution in [2.75, 3.05) is 12.9 Å². The van der Waals surface area contributed by atoms with E-state index in [4.69, 9.17) is 21.3 Å². The molecule has 4 aromatic carbocycles. The molecule has 2 atom stereocenters. The summed E-state index contributed by atoms with van der Waals surface area (Å²) in [5.74, 6) is 0.0924. The predicted molar refractivity (Wildman–Crippen MR) is 182 cm³/mol. The summed E-state index contributed by atoms with van der Waals surface area (Å²) < 4.78 is 36.0. The third kappa shape index (κ3) is 5.16. The number of aromatic nitrogens is 1. The van der Waals surface area contributed by atoms with Crippen LogP contribution in [0.25, 0.3) is 0 Å². The quantitative estimate of drug-likeness (QED) is 0.142. The monoisotopic (exact) mass is 651 g/mol. The molecular formula is C38H32ClF2N3OS. The van der Waals surface area contributed by atoms with Crippen molar-refractivity contribution in [3.8, 4) is 5.88 Å². The summed E-state index contributed by atoms with van der Waals surface area (Å²) in [6.07, 6.45) is 2.70. The van der Waals surface area contributed by atoms with Crippen molar-refractivity contribution >= 4 is 28.5 Å². The highest BCUT2D eigenvalue weighted by Gasteiger charge is 2.50. The molecule has 0 saturated carbocycles. The summed E-state index contributed by atoms with van der Waals surface area (Å²) in [6, 6.07) is 34.7. The molecule has 4 nitrogen and oxygen atoms in total. The Kier molecular flexibility index (Phi) is 8.30. The topological polar surface area (TPSA) is 46.5 Å². The van der Waals surface area contributed by atoms with Gasteiger partial charge in [-0.15, -0.1) is 11.6 Å². The highest BCUT2D eigenvalue weighted by molar-refractivity contribution is 8.13. The minimum Gasteiger partial charge on any atom is -0.481 e. The Morgan fingerprint density at radius 3 is 2.04 bits per heavy atom. The lowest BCUT2D eigenvalue weighted by atomic mass is 9.67. The third-order valence-electron chi connectivity index (χ3n) is 9.29. The predicted octanol–water partition coefficient (Wildman–Crippen LogP) is 8.40. The van der Waals surface area contributed by atoms with Gasteiger partial charge in [-0.2, -0.15) is 0 Å². The van der Waals surface area contributed by atoms with Crippen molar-refractivity contribution in [2.45, 2.75) is 29.8 Å². The number of thioether (sulfide) groups is 1. The van der Waals surface area contributed by atoms with Gasteiger partial charge in [0.25, 0.3) is 0 Å². The van der Waals surface area contributed by atoms with Crippen LogP contribution in [0.4, 0.5) is 8.78 Å². The first-order valence-electron chi connectivity index (χ1n) is 15.2. The maximum atomic E-state index is 16.0. The van der Waals surface area contributed by atoms with Crippen molar-refractivity contribution in [3.05, 3.63) is 166 Å². The Balaban J connectivity index is 1.46. The molecule has 1 aromatic heterocycles. The molecule has 0 unspecified atom stereocenters. The molecule has 0 bridgehead atoms. The van der Waals surface area contributed by atoms with Crippen molar-refractivity contribution in [3.63, 3.8) is 0 Å². The summed E-state index contributed by atoms with van der Waals surface area (Å²) >= 11 is 8.00. The second kappa shape index (κ2) is 12.5. The molecule has 0 fully saturated rings. The first-order valence-corrected chi connectivity index (χ1v) is 16.7. The second-order valence-corrected chi connectivity index (χ2v) is 13.0. The van der Waals surface area contributed by atoms with E-state index in [9.17, 15) is 4.39 Å². The molecule has 1 aliphatic carbocycles. The molecular weight excluding hydrogens is 620 g/mol. The number of aliphatic imine (C=N–C) groups is 1. The largest absolute Gasteiger partial charge is 0.481 e. The van der Waals surface area contributed by atoms with Crippen LogP contribution in [-0.2, 0) is 29.8 Å². The summed E-state index contributed by atoms with van der Waals surface area (Å²) in [6.45, 7) is 0. The zero-order valence-corrected chi connectivity index (χ0v) is 26.8. The minimum atomic E-state index is -1.05. The normalized spacial score (nSPS) is 19.0. The number of hydrogen-bond donors (Lipinski definition) is 1. The van der Waals surface area contributed by atoms with E-state index in [1.54, 1.807) is 31.1 Å². The highest BCUT2D eigenvalue weighted by atomic mass is 35.5. The van der Waals surface area contributed by atoms with Gasteiger partial charge >= 0.3 is 0 Å². The Labute approximate surface area is 276 Å². The van der Waals surface area contributed by atoms with Crippen molar-refractivity contribution < 1.29 is 13.5 Å². The van der Waals surface area contributed by atoms with E-state index in [2.05, 4.69) is 46.7 Å². The molecule has 0 amide bonds. The van der Waals surface area contributed by atoms with Gasteiger partial charge < -0.3 is 10.1 Å². The SMILES string of the molecule is COc1ncc(CCl)c2c1C[C@]1(c3ccc(F)cc3F)N=C(NC(c3ccccc3)(c3ccccc3)c3ccccc3)SC[C@@H]1C2. The molecule has 5 aromatic rings. The smallest absolute Gasteiger partial charge is 0.216 e. The lowest BCUT2D eigenvalue weighted by molar-refractivity contribution is 0.260. The molecule has 1 aliphatic heterocycles. The standard InChI is InChI=1S/C38H32ClF2N3OS/c1-45-35-32-21-37(33-18-17-30(40)20-34(33)41)29(19-31(32)25(22-39)23-42-35)24-46-36(43-37)44-38(26-11-5-2-6-12-26,27-13-7-3-8-14-27)28-15-9-4-10-16-28/h2-18,20,23,29H,19,21-22,24H2,1H3,(H,43,44)/t29-,37-/m0/s1. The molecule has 2 heterocycles. The molecule has 7 rings (SSSR count). The summed E-state index contributed by atoms with van der Waals surface area (Å²) in [4.78, 5) is 10.0. The lowest BCUT2D eigenvalue weighted by Crippen LogP contribution is -2.52. The van der Waals surface area contributed by atoms with Crippen molar-refractivity contribution in [1.82, 2.24) is 10.3 Å². The number of benzene rings is 4. The fourth-order valence-corrected chi connectivity index (χ4v) is 8.55. The molecule has 0 radical (unpaired) electrons. The molecule has 0 spiro atoms. The number of nitrogens with zero attached hydrogens (tertiary/aromatic N) is 2. The van der Waals surface area contributed by atoms with Gasteiger partial charge in [-0.3, -0.25) is 4.99 Å². The Morgan fingerprint density at radius 1 is 0.891 bits per heavy atom. The zero-order chi connectivity index (χ0) is 31.7. The van der Waals surface area contributed by atoms with Gasteiger partial charge in [0.2, 0.25) is 5.88 Å².